The summed E-state index contributed by atoms with van der Waals surface area (Å²) < 4.78 is 22.2. The molecule has 0 atom stereocenters. The number of nitrogens with one attached hydrogen (secondary N) is 1. The van der Waals surface area contributed by atoms with Crippen LogP contribution in [0.2, 0.25) is 0 Å². The van der Waals surface area contributed by atoms with Crippen LogP contribution in [0.5, 0.6) is 17.2 Å². The molecular formula is C30H23NO5. The second-order valence-electron chi connectivity index (χ2n) is 8.64. The van der Waals surface area contributed by atoms with Gasteiger partial charge in [-0.2, -0.15) is 0 Å². The van der Waals surface area contributed by atoms with Gasteiger partial charge in [-0.3, -0.25) is 4.79 Å². The number of anilines is 1. The first kappa shape index (κ1) is 21.8. The lowest BCUT2D eigenvalue weighted by molar-refractivity contribution is -0.111. The zero-order chi connectivity index (χ0) is 24.6. The van der Waals surface area contributed by atoms with Gasteiger partial charge in [-0.25, -0.2) is 0 Å². The zero-order valence-corrected chi connectivity index (χ0v) is 19.8. The molecule has 6 heteroatoms. The van der Waals surface area contributed by atoms with Crippen LogP contribution in [0.3, 0.4) is 0 Å². The summed E-state index contributed by atoms with van der Waals surface area (Å²) in [6.45, 7) is 2.07. The first-order chi connectivity index (χ1) is 17.6. The molecule has 0 fully saturated rings. The summed E-state index contributed by atoms with van der Waals surface area (Å²) in [5.74, 6) is 1.66. The van der Waals surface area contributed by atoms with E-state index in [0.29, 0.717) is 22.9 Å². The summed E-state index contributed by atoms with van der Waals surface area (Å²) in [7, 11) is 1.61. The lowest BCUT2D eigenvalue weighted by atomic mass is 9.97. The van der Waals surface area contributed by atoms with Crippen LogP contribution < -0.4 is 19.5 Å². The highest BCUT2D eigenvalue weighted by Gasteiger charge is 2.16. The topological polar surface area (TPSA) is 69.9 Å². The number of ether oxygens (including phenoxy) is 3. The van der Waals surface area contributed by atoms with Crippen molar-refractivity contribution in [3.8, 4) is 28.4 Å². The lowest BCUT2D eigenvalue weighted by Gasteiger charge is -2.10. The Morgan fingerprint density at radius 1 is 0.944 bits per heavy atom. The maximum Gasteiger partial charge on any atom is 0.248 e. The van der Waals surface area contributed by atoms with Gasteiger partial charge in [-0.15, -0.1) is 0 Å². The van der Waals surface area contributed by atoms with Crippen molar-refractivity contribution in [2.45, 2.75) is 6.92 Å². The average Bonchev–Trinajstić information content (AvgIpc) is 3.53. The molecule has 0 aliphatic carbocycles. The molecule has 2 heterocycles. The van der Waals surface area contributed by atoms with E-state index in [2.05, 4.69) is 35.6 Å². The van der Waals surface area contributed by atoms with Crippen molar-refractivity contribution in [1.82, 2.24) is 0 Å². The standard InChI is InChI=1S/C30H23NO5/c1-18(11-30(32)31-22-9-10-26-29(13-22)36-17-35-26)23-14-24-25(16-34-28(24)15-27(23)33-2)21-8-7-19-5-3-4-6-20(19)12-21/h3-16H,17H2,1-2H3,(H,31,32)/b18-11+. The van der Waals surface area contributed by atoms with Crippen molar-refractivity contribution >= 4 is 38.9 Å². The Labute approximate surface area is 207 Å². The number of carbonyl (C=O) groups excluding carboxylic acids is 1. The second-order valence-corrected chi connectivity index (χ2v) is 8.64. The molecule has 0 unspecified atom stereocenters. The molecule has 6 nitrogen and oxygen atoms in total. The third-order valence-corrected chi connectivity index (χ3v) is 6.37. The van der Waals surface area contributed by atoms with Crippen molar-refractivity contribution in [3.05, 3.63) is 90.7 Å². The molecule has 4 aromatic carbocycles. The molecule has 1 aliphatic rings. The number of amides is 1. The van der Waals surface area contributed by atoms with E-state index in [1.165, 1.54) is 5.39 Å². The quantitative estimate of drug-likeness (QED) is 0.275. The summed E-state index contributed by atoms with van der Waals surface area (Å²) in [4.78, 5) is 12.8. The van der Waals surface area contributed by atoms with Gasteiger partial charge in [0, 0.05) is 40.4 Å². The Kier molecular flexibility index (Phi) is 5.34. The Morgan fingerprint density at radius 3 is 2.64 bits per heavy atom. The van der Waals surface area contributed by atoms with Gasteiger partial charge in [-0.05, 0) is 53.1 Å². The van der Waals surface area contributed by atoms with Crippen molar-refractivity contribution in [1.29, 1.82) is 0 Å². The van der Waals surface area contributed by atoms with E-state index >= 15 is 0 Å². The fourth-order valence-electron chi connectivity index (χ4n) is 4.54. The van der Waals surface area contributed by atoms with E-state index in [1.54, 1.807) is 37.6 Å². The Balaban J connectivity index is 1.34. The Hall–Kier alpha value is -4.71. The molecule has 178 valence electrons. The molecule has 1 aromatic heterocycles. The number of fused-ring (bicyclic) bond motifs is 3. The van der Waals surface area contributed by atoms with Crippen LogP contribution in [0, 0.1) is 0 Å². The summed E-state index contributed by atoms with van der Waals surface area (Å²) in [5, 5.41) is 6.18. The third kappa shape index (κ3) is 3.92. The van der Waals surface area contributed by atoms with E-state index in [4.69, 9.17) is 18.6 Å². The van der Waals surface area contributed by atoms with Gasteiger partial charge in [0.15, 0.2) is 11.5 Å². The van der Waals surface area contributed by atoms with Crippen molar-refractivity contribution in [2.24, 2.45) is 0 Å². The molecule has 6 rings (SSSR count). The molecular weight excluding hydrogens is 454 g/mol. The first-order valence-corrected chi connectivity index (χ1v) is 11.6. The van der Waals surface area contributed by atoms with Gasteiger partial charge in [-0.1, -0.05) is 36.4 Å². The van der Waals surface area contributed by atoms with Gasteiger partial charge in [0.1, 0.15) is 11.3 Å². The van der Waals surface area contributed by atoms with E-state index < -0.39 is 0 Å². The normalized spacial score (nSPS) is 12.8. The molecule has 36 heavy (non-hydrogen) atoms. The predicted molar refractivity (Wildman–Crippen MR) is 141 cm³/mol. The SMILES string of the molecule is COc1cc2occ(-c3ccc4ccccc4c3)c2cc1/C(C)=C/C(=O)Nc1ccc2c(c1)OCO2. The van der Waals surface area contributed by atoms with Gasteiger partial charge in [0.05, 0.1) is 13.4 Å². The Morgan fingerprint density at radius 2 is 1.78 bits per heavy atom. The fourth-order valence-corrected chi connectivity index (χ4v) is 4.54. The third-order valence-electron chi connectivity index (χ3n) is 6.37. The zero-order valence-electron chi connectivity index (χ0n) is 19.8. The minimum absolute atomic E-state index is 0.184. The number of carbonyl (C=O) groups is 1. The Bertz CT molecular complexity index is 1660. The first-order valence-electron chi connectivity index (χ1n) is 11.6. The fraction of sp³-hybridized carbons (Fsp3) is 0.100. The van der Waals surface area contributed by atoms with Crippen LogP contribution in [-0.2, 0) is 4.79 Å². The van der Waals surface area contributed by atoms with Gasteiger partial charge in [0.2, 0.25) is 12.7 Å². The maximum atomic E-state index is 12.8. The number of allylic oxidation sites excluding steroid dienone is 1. The number of hydrogen-bond acceptors (Lipinski definition) is 5. The molecule has 1 aliphatic heterocycles. The minimum atomic E-state index is -0.254. The van der Waals surface area contributed by atoms with Crippen molar-refractivity contribution in [2.75, 3.05) is 19.2 Å². The highest BCUT2D eigenvalue weighted by molar-refractivity contribution is 6.05. The van der Waals surface area contributed by atoms with Crippen LogP contribution >= 0.6 is 0 Å². The predicted octanol–water partition coefficient (Wildman–Crippen LogP) is 7.03. The van der Waals surface area contributed by atoms with Crippen LogP contribution in [0.25, 0.3) is 38.4 Å². The van der Waals surface area contributed by atoms with E-state index in [1.807, 2.05) is 31.2 Å². The number of methoxy groups -OCH3 is 1. The van der Waals surface area contributed by atoms with Crippen LogP contribution in [0.1, 0.15) is 12.5 Å². The number of hydrogen-bond donors (Lipinski definition) is 1. The molecule has 0 bridgehead atoms. The monoisotopic (exact) mass is 477 g/mol. The summed E-state index contributed by atoms with van der Waals surface area (Å²) in [6, 6.07) is 23.8. The molecule has 0 saturated heterocycles. The van der Waals surface area contributed by atoms with Crippen LogP contribution in [0.4, 0.5) is 5.69 Å². The maximum absolute atomic E-state index is 12.8. The highest BCUT2D eigenvalue weighted by atomic mass is 16.7. The largest absolute Gasteiger partial charge is 0.496 e. The van der Waals surface area contributed by atoms with Crippen molar-refractivity contribution < 1.29 is 23.4 Å². The smallest absolute Gasteiger partial charge is 0.248 e. The van der Waals surface area contributed by atoms with E-state index in [9.17, 15) is 4.79 Å². The van der Waals surface area contributed by atoms with E-state index in [-0.39, 0.29) is 12.7 Å². The van der Waals surface area contributed by atoms with Gasteiger partial charge >= 0.3 is 0 Å². The molecule has 0 spiro atoms. The van der Waals surface area contributed by atoms with E-state index in [0.717, 1.165) is 38.6 Å². The average molecular weight is 478 g/mol. The minimum Gasteiger partial charge on any atom is -0.496 e. The van der Waals surface area contributed by atoms with Crippen LogP contribution in [-0.4, -0.2) is 19.8 Å². The number of furan rings is 1. The van der Waals surface area contributed by atoms with Crippen molar-refractivity contribution in [3.63, 3.8) is 0 Å². The van der Waals surface area contributed by atoms with Gasteiger partial charge in [0.25, 0.3) is 0 Å². The second kappa shape index (κ2) is 8.82. The number of rotatable bonds is 5. The molecule has 1 N–H and O–H groups in total. The summed E-state index contributed by atoms with van der Waals surface area (Å²) in [6.07, 6.45) is 3.33. The number of benzene rings is 4. The summed E-state index contributed by atoms with van der Waals surface area (Å²) >= 11 is 0. The molecule has 1 amide bonds. The van der Waals surface area contributed by atoms with Gasteiger partial charge < -0.3 is 23.9 Å². The summed E-state index contributed by atoms with van der Waals surface area (Å²) in [5.41, 5.74) is 4.97. The van der Waals surface area contributed by atoms with Crippen LogP contribution in [0.15, 0.2) is 89.6 Å². The lowest BCUT2D eigenvalue weighted by Crippen LogP contribution is -2.08. The molecule has 0 saturated carbocycles. The highest BCUT2D eigenvalue weighted by Crippen LogP contribution is 2.38. The molecule has 0 radical (unpaired) electrons. The molecule has 5 aromatic rings.